The lowest BCUT2D eigenvalue weighted by molar-refractivity contribution is 0.190. The van der Waals surface area contributed by atoms with Crippen molar-refractivity contribution in [2.45, 2.75) is 32.7 Å². The second kappa shape index (κ2) is 7.32. The smallest absolute Gasteiger partial charge is 0.0462 e. The number of rotatable bonds is 7. The molecule has 0 saturated carbocycles. The molecule has 72 valence electrons. The highest BCUT2D eigenvalue weighted by molar-refractivity contribution is 5.00. The number of likely N-dealkylation sites (N-methyl/N-ethyl adjacent to an activating group) is 1. The van der Waals surface area contributed by atoms with E-state index < -0.39 is 0 Å². The van der Waals surface area contributed by atoms with Crippen molar-refractivity contribution in [3.05, 3.63) is 12.2 Å². The third-order valence-electron chi connectivity index (χ3n) is 1.89. The molecule has 2 heteroatoms. The van der Waals surface area contributed by atoms with Crippen LogP contribution in [0.25, 0.3) is 0 Å². The molecular weight excluding hydrogens is 150 g/mol. The van der Waals surface area contributed by atoms with Gasteiger partial charge in [0.1, 0.15) is 0 Å². The van der Waals surface area contributed by atoms with Crippen molar-refractivity contribution < 1.29 is 4.74 Å². The third kappa shape index (κ3) is 5.33. The summed E-state index contributed by atoms with van der Waals surface area (Å²) in [5.41, 5.74) is 1.22. The first-order chi connectivity index (χ1) is 5.72. The van der Waals surface area contributed by atoms with Crippen LogP contribution in [0.15, 0.2) is 12.2 Å². The Kier molecular flexibility index (Phi) is 7.11. The molecule has 0 fully saturated rings. The zero-order valence-electron chi connectivity index (χ0n) is 8.52. The average Bonchev–Trinajstić information content (AvgIpc) is 2.03. The summed E-state index contributed by atoms with van der Waals surface area (Å²) in [7, 11) is 1.74. The van der Waals surface area contributed by atoms with Crippen molar-refractivity contribution in [1.29, 1.82) is 0 Å². The van der Waals surface area contributed by atoms with Crippen LogP contribution >= 0.6 is 0 Å². The maximum Gasteiger partial charge on any atom is 0.0462 e. The lowest BCUT2D eigenvalue weighted by Gasteiger charge is -2.17. The second-order valence-corrected chi connectivity index (χ2v) is 3.09. The lowest BCUT2D eigenvalue weighted by atomic mass is 10.1. The van der Waals surface area contributed by atoms with Crippen LogP contribution in [-0.2, 0) is 4.74 Å². The van der Waals surface area contributed by atoms with Crippen molar-refractivity contribution >= 4 is 0 Å². The van der Waals surface area contributed by atoms with Crippen LogP contribution in [0.3, 0.4) is 0 Å². The van der Waals surface area contributed by atoms with E-state index in [0.29, 0.717) is 6.04 Å². The monoisotopic (exact) mass is 171 g/mol. The first-order valence-corrected chi connectivity index (χ1v) is 4.60. The Hall–Kier alpha value is -0.340. The summed E-state index contributed by atoms with van der Waals surface area (Å²) in [6.07, 6.45) is 2.22. The van der Waals surface area contributed by atoms with Crippen LogP contribution in [0.1, 0.15) is 26.7 Å². The molecule has 0 aromatic carbocycles. The summed E-state index contributed by atoms with van der Waals surface area (Å²) < 4.78 is 4.99. The zero-order valence-corrected chi connectivity index (χ0v) is 8.52. The topological polar surface area (TPSA) is 21.3 Å². The van der Waals surface area contributed by atoms with E-state index in [9.17, 15) is 0 Å². The predicted molar refractivity (Wildman–Crippen MR) is 53.4 cm³/mol. The van der Waals surface area contributed by atoms with Crippen molar-refractivity contribution in [3.8, 4) is 0 Å². The molecule has 0 spiro atoms. The molecule has 2 nitrogen and oxygen atoms in total. The molecular formula is C10H21NO. The van der Waals surface area contributed by atoms with Gasteiger partial charge in [0.25, 0.3) is 0 Å². The molecule has 0 aliphatic rings. The van der Waals surface area contributed by atoms with E-state index >= 15 is 0 Å². The standard InChI is InChI=1S/C10H21NO/c1-5-11-10(9(2)3)7-6-8-12-4/h10-11H,2,5-8H2,1,3-4H3. The molecule has 0 radical (unpaired) electrons. The molecule has 0 saturated heterocycles. The Morgan fingerprint density at radius 3 is 2.67 bits per heavy atom. The minimum atomic E-state index is 0.463. The van der Waals surface area contributed by atoms with Crippen molar-refractivity contribution in [1.82, 2.24) is 5.32 Å². The Morgan fingerprint density at radius 2 is 2.25 bits per heavy atom. The van der Waals surface area contributed by atoms with E-state index in [1.54, 1.807) is 7.11 Å². The summed E-state index contributed by atoms with van der Waals surface area (Å²) in [6, 6.07) is 0.463. The molecule has 1 unspecified atom stereocenters. The molecule has 0 aliphatic heterocycles. The maximum atomic E-state index is 4.99. The Morgan fingerprint density at radius 1 is 1.58 bits per heavy atom. The largest absolute Gasteiger partial charge is 0.385 e. The van der Waals surface area contributed by atoms with Gasteiger partial charge in [-0.1, -0.05) is 19.1 Å². The first kappa shape index (κ1) is 11.7. The fourth-order valence-corrected chi connectivity index (χ4v) is 1.20. The molecule has 1 N–H and O–H groups in total. The molecule has 12 heavy (non-hydrogen) atoms. The highest BCUT2D eigenvalue weighted by Gasteiger charge is 2.06. The lowest BCUT2D eigenvalue weighted by Crippen LogP contribution is -2.29. The van der Waals surface area contributed by atoms with E-state index in [0.717, 1.165) is 26.0 Å². The fraction of sp³-hybridized carbons (Fsp3) is 0.800. The van der Waals surface area contributed by atoms with Crippen LogP contribution < -0.4 is 5.32 Å². The van der Waals surface area contributed by atoms with Gasteiger partial charge in [0.05, 0.1) is 0 Å². The minimum Gasteiger partial charge on any atom is -0.385 e. The van der Waals surface area contributed by atoms with E-state index in [4.69, 9.17) is 4.74 Å². The third-order valence-corrected chi connectivity index (χ3v) is 1.89. The summed E-state index contributed by atoms with van der Waals surface area (Å²) >= 11 is 0. The number of methoxy groups -OCH3 is 1. The van der Waals surface area contributed by atoms with Crippen LogP contribution in [-0.4, -0.2) is 26.3 Å². The zero-order chi connectivity index (χ0) is 9.40. The van der Waals surface area contributed by atoms with Gasteiger partial charge in [-0.05, 0) is 26.3 Å². The quantitative estimate of drug-likeness (QED) is 0.467. The van der Waals surface area contributed by atoms with Crippen molar-refractivity contribution in [3.63, 3.8) is 0 Å². The van der Waals surface area contributed by atoms with Crippen molar-refractivity contribution in [2.24, 2.45) is 0 Å². The fourth-order valence-electron chi connectivity index (χ4n) is 1.20. The van der Waals surface area contributed by atoms with Gasteiger partial charge in [-0.15, -0.1) is 0 Å². The molecule has 0 bridgehead atoms. The molecule has 0 aromatic heterocycles. The predicted octanol–water partition coefficient (Wildman–Crippen LogP) is 1.97. The van der Waals surface area contributed by atoms with Gasteiger partial charge in [-0.2, -0.15) is 0 Å². The SMILES string of the molecule is C=C(C)C(CCCOC)NCC. The number of hydrogen-bond donors (Lipinski definition) is 1. The molecule has 0 heterocycles. The summed E-state index contributed by atoms with van der Waals surface area (Å²) in [5.74, 6) is 0. The maximum absolute atomic E-state index is 4.99. The minimum absolute atomic E-state index is 0.463. The van der Waals surface area contributed by atoms with Gasteiger partial charge >= 0.3 is 0 Å². The molecule has 0 amide bonds. The van der Waals surface area contributed by atoms with Gasteiger partial charge in [-0.25, -0.2) is 0 Å². The summed E-state index contributed by atoms with van der Waals surface area (Å²) in [6.45, 7) is 9.98. The number of hydrogen-bond acceptors (Lipinski definition) is 2. The average molecular weight is 171 g/mol. The number of ether oxygens (including phenoxy) is 1. The van der Waals surface area contributed by atoms with Crippen molar-refractivity contribution in [2.75, 3.05) is 20.3 Å². The van der Waals surface area contributed by atoms with E-state index in [1.165, 1.54) is 5.57 Å². The van der Waals surface area contributed by atoms with Crippen LogP contribution in [0, 0.1) is 0 Å². The molecule has 1 atom stereocenters. The van der Waals surface area contributed by atoms with Crippen LogP contribution in [0.4, 0.5) is 0 Å². The number of nitrogens with one attached hydrogen (secondary N) is 1. The van der Waals surface area contributed by atoms with E-state index in [2.05, 4.69) is 25.7 Å². The Balaban J connectivity index is 3.56. The normalized spacial score (nSPS) is 12.9. The second-order valence-electron chi connectivity index (χ2n) is 3.09. The van der Waals surface area contributed by atoms with Gasteiger partial charge in [-0.3, -0.25) is 0 Å². The molecule has 0 rings (SSSR count). The Bertz CT molecular complexity index is 123. The van der Waals surface area contributed by atoms with Gasteiger partial charge < -0.3 is 10.1 Å². The Labute approximate surface area is 76.0 Å². The highest BCUT2D eigenvalue weighted by Crippen LogP contribution is 2.05. The molecule has 0 aromatic rings. The summed E-state index contributed by atoms with van der Waals surface area (Å²) in [4.78, 5) is 0. The highest BCUT2D eigenvalue weighted by atomic mass is 16.5. The van der Waals surface area contributed by atoms with E-state index in [-0.39, 0.29) is 0 Å². The van der Waals surface area contributed by atoms with E-state index in [1.807, 2.05) is 0 Å². The van der Waals surface area contributed by atoms with Crippen LogP contribution in [0.5, 0.6) is 0 Å². The molecule has 0 aliphatic carbocycles. The van der Waals surface area contributed by atoms with Gasteiger partial charge in [0.15, 0.2) is 0 Å². The van der Waals surface area contributed by atoms with Crippen LogP contribution in [0.2, 0.25) is 0 Å². The van der Waals surface area contributed by atoms with Gasteiger partial charge in [0, 0.05) is 19.8 Å². The van der Waals surface area contributed by atoms with Gasteiger partial charge in [0.2, 0.25) is 0 Å². The first-order valence-electron chi connectivity index (χ1n) is 4.60. The summed E-state index contributed by atoms with van der Waals surface area (Å²) in [5, 5.41) is 3.39.